The third-order valence-electron chi connectivity index (χ3n) is 6.94. The molecule has 1 fully saturated rings. The predicted octanol–water partition coefficient (Wildman–Crippen LogP) is 5.18. The highest BCUT2D eigenvalue weighted by atomic mass is 79.9. The van der Waals surface area contributed by atoms with E-state index in [9.17, 15) is 9.59 Å². The summed E-state index contributed by atoms with van der Waals surface area (Å²) in [5.74, 6) is 1.37. The lowest BCUT2D eigenvalue weighted by atomic mass is 10.0. The number of benzene rings is 1. The molecule has 1 unspecified atom stereocenters. The molecule has 4 heterocycles. The van der Waals surface area contributed by atoms with Crippen LogP contribution in [-0.2, 0) is 4.74 Å². The van der Waals surface area contributed by atoms with Gasteiger partial charge in [-0.25, -0.2) is 9.59 Å². The molecule has 38 heavy (non-hydrogen) atoms. The van der Waals surface area contributed by atoms with Crippen molar-refractivity contribution < 1.29 is 14.3 Å². The van der Waals surface area contributed by atoms with Crippen LogP contribution in [0.2, 0.25) is 0 Å². The van der Waals surface area contributed by atoms with Gasteiger partial charge in [0.1, 0.15) is 17.2 Å². The minimum absolute atomic E-state index is 0.0645. The fourth-order valence-electron chi connectivity index (χ4n) is 5.27. The number of carbonyl (C=O) groups excluding carboxylic acids is 1. The number of fused-ring (bicyclic) bond motifs is 2. The van der Waals surface area contributed by atoms with Crippen LogP contribution in [0.5, 0.6) is 5.75 Å². The molecule has 10 heteroatoms. The largest absolute Gasteiger partial charge is 0.493 e. The van der Waals surface area contributed by atoms with Crippen molar-refractivity contribution in [3.63, 3.8) is 0 Å². The van der Waals surface area contributed by atoms with E-state index in [0.717, 1.165) is 26.8 Å². The van der Waals surface area contributed by atoms with Gasteiger partial charge in [-0.15, -0.1) is 0 Å². The summed E-state index contributed by atoms with van der Waals surface area (Å²) in [4.78, 5) is 39.9. The Hall–Kier alpha value is -3.14. The molecule has 0 spiro atoms. The van der Waals surface area contributed by atoms with Crippen LogP contribution in [0.3, 0.4) is 0 Å². The molecule has 1 aromatic carbocycles. The lowest BCUT2D eigenvalue weighted by Gasteiger charge is -2.43. The highest BCUT2D eigenvalue weighted by Gasteiger charge is 2.36. The Labute approximate surface area is 230 Å². The fraction of sp³-hybridized carbons (Fsp3) is 0.500. The number of ether oxygens (including phenoxy) is 2. The van der Waals surface area contributed by atoms with Crippen LogP contribution < -0.4 is 15.3 Å². The zero-order chi connectivity index (χ0) is 27.4. The number of halogens is 1. The van der Waals surface area contributed by atoms with Gasteiger partial charge in [-0.1, -0.05) is 29.8 Å². The molecule has 0 N–H and O–H groups in total. The average molecular weight is 585 g/mol. The highest BCUT2D eigenvalue weighted by Crippen LogP contribution is 2.40. The van der Waals surface area contributed by atoms with Gasteiger partial charge in [0.25, 0.3) is 0 Å². The van der Waals surface area contributed by atoms with Crippen LogP contribution in [0.1, 0.15) is 58.2 Å². The summed E-state index contributed by atoms with van der Waals surface area (Å²) in [5.41, 5.74) is 2.30. The first-order chi connectivity index (χ1) is 17.9. The number of hydrogen-bond acceptors (Lipinski definition) is 7. The SMILES string of the molecule is Cc1ccnc(C(C)C)c1-n1c(=O)nc2c3c(cc(Br)cc31)OCCC1CN(C(=O)OC(C)(C)C)CCN21. The molecule has 2 aromatic heterocycles. The number of aryl methyl sites for hydroxylation is 1. The van der Waals surface area contributed by atoms with E-state index >= 15 is 0 Å². The zero-order valence-electron chi connectivity index (χ0n) is 22.7. The smallest absolute Gasteiger partial charge is 0.410 e. The summed E-state index contributed by atoms with van der Waals surface area (Å²) in [7, 11) is 0. The Morgan fingerprint density at radius 2 is 2.00 bits per heavy atom. The van der Waals surface area contributed by atoms with Gasteiger partial charge in [0.15, 0.2) is 0 Å². The van der Waals surface area contributed by atoms with Gasteiger partial charge in [-0.2, -0.15) is 4.98 Å². The number of nitrogens with zero attached hydrogens (tertiary/aromatic N) is 5. The van der Waals surface area contributed by atoms with Crippen molar-refractivity contribution in [1.82, 2.24) is 19.4 Å². The van der Waals surface area contributed by atoms with Crippen LogP contribution in [-0.4, -0.2) is 63.4 Å². The Morgan fingerprint density at radius 1 is 1.24 bits per heavy atom. The van der Waals surface area contributed by atoms with Crippen LogP contribution >= 0.6 is 15.9 Å². The van der Waals surface area contributed by atoms with E-state index in [2.05, 4.69) is 44.6 Å². The summed E-state index contributed by atoms with van der Waals surface area (Å²) in [6.07, 6.45) is 2.13. The number of rotatable bonds is 2. The summed E-state index contributed by atoms with van der Waals surface area (Å²) in [6, 6.07) is 5.72. The number of carbonyl (C=O) groups is 1. The first kappa shape index (κ1) is 26.5. The van der Waals surface area contributed by atoms with Gasteiger partial charge in [0.05, 0.1) is 34.9 Å². The number of hydrogen-bond donors (Lipinski definition) is 0. The van der Waals surface area contributed by atoms with E-state index in [1.807, 2.05) is 45.9 Å². The minimum Gasteiger partial charge on any atom is -0.493 e. The van der Waals surface area contributed by atoms with Crippen molar-refractivity contribution in [2.24, 2.45) is 0 Å². The van der Waals surface area contributed by atoms with Gasteiger partial charge < -0.3 is 19.3 Å². The Kier molecular flexibility index (Phi) is 6.87. The number of anilines is 1. The first-order valence-corrected chi connectivity index (χ1v) is 13.8. The maximum atomic E-state index is 13.8. The summed E-state index contributed by atoms with van der Waals surface area (Å²) in [6.45, 7) is 13.7. The van der Waals surface area contributed by atoms with Crippen molar-refractivity contribution in [3.05, 3.63) is 50.6 Å². The second kappa shape index (κ2) is 9.87. The van der Waals surface area contributed by atoms with E-state index < -0.39 is 5.60 Å². The molecule has 1 saturated heterocycles. The molecule has 3 aromatic rings. The molecule has 0 radical (unpaired) electrons. The van der Waals surface area contributed by atoms with Gasteiger partial charge >= 0.3 is 11.8 Å². The van der Waals surface area contributed by atoms with E-state index in [1.54, 1.807) is 15.7 Å². The molecule has 2 aliphatic heterocycles. The molecule has 2 aliphatic rings. The monoisotopic (exact) mass is 583 g/mol. The maximum absolute atomic E-state index is 13.8. The fourth-order valence-corrected chi connectivity index (χ4v) is 5.69. The van der Waals surface area contributed by atoms with Gasteiger partial charge in [-0.3, -0.25) is 9.55 Å². The van der Waals surface area contributed by atoms with Crippen molar-refractivity contribution in [2.45, 2.75) is 65.5 Å². The highest BCUT2D eigenvalue weighted by molar-refractivity contribution is 9.10. The van der Waals surface area contributed by atoms with Gasteiger partial charge in [0.2, 0.25) is 0 Å². The van der Waals surface area contributed by atoms with E-state index in [4.69, 9.17) is 9.47 Å². The van der Waals surface area contributed by atoms with E-state index in [0.29, 0.717) is 49.7 Å². The molecular formula is C28H34BrN5O4. The molecule has 9 nitrogen and oxygen atoms in total. The number of aromatic nitrogens is 3. The normalized spacial score (nSPS) is 17.6. The number of piperazine rings is 1. The van der Waals surface area contributed by atoms with E-state index in [1.165, 1.54) is 0 Å². The Bertz CT molecular complexity index is 1460. The lowest BCUT2D eigenvalue weighted by Crippen LogP contribution is -2.57. The zero-order valence-corrected chi connectivity index (χ0v) is 24.3. The second-order valence-corrected chi connectivity index (χ2v) is 12.2. The molecule has 0 bridgehead atoms. The van der Waals surface area contributed by atoms with Gasteiger partial charge in [-0.05, 0) is 57.4 Å². The topological polar surface area (TPSA) is 89.8 Å². The maximum Gasteiger partial charge on any atom is 0.410 e. The molecule has 0 saturated carbocycles. The molecule has 202 valence electrons. The summed E-state index contributed by atoms with van der Waals surface area (Å²) in [5, 5.41) is 0.779. The molecule has 1 atom stereocenters. The lowest BCUT2D eigenvalue weighted by molar-refractivity contribution is 0.0207. The Balaban J connectivity index is 1.67. The molecule has 1 amide bonds. The number of pyridine rings is 1. The molecular weight excluding hydrogens is 550 g/mol. The number of amides is 1. The van der Waals surface area contributed by atoms with E-state index in [-0.39, 0.29) is 23.7 Å². The third kappa shape index (κ3) is 4.86. The van der Waals surface area contributed by atoms with Crippen molar-refractivity contribution in [2.75, 3.05) is 31.1 Å². The third-order valence-corrected chi connectivity index (χ3v) is 7.40. The summed E-state index contributed by atoms with van der Waals surface area (Å²) < 4.78 is 14.4. The minimum atomic E-state index is -0.567. The van der Waals surface area contributed by atoms with Gasteiger partial charge in [0, 0.05) is 36.7 Å². The van der Waals surface area contributed by atoms with Crippen molar-refractivity contribution >= 4 is 38.7 Å². The van der Waals surface area contributed by atoms with Crippen LogP contribution in [0, 0.1) is 6.92 Å². The Morgan fingerprint density at radius 3 is 2.71 bits per heavy atom. The standard InChI is InChI=1S/C28H34BrN5O4/c1-16(2)23-24(17(3)7-9-30-23)34-20-13-18(29)14-21-22(20)25(31-26(34)35)33-11-10-32(15-19(33)8-12-37-21)27(36)38-28(4,5)6/h7,9,13-14,16,19H,8,10-12,15H2,1-6H3. The van der Waals surface area contributed by atoms with Crippen LogP contribution in [0.15, 0.2) is 33.7 Å². The molecule has 5 rings (SSSR count). The quantitative estimate of drug-likeness (QED) is 0.410. The second-order valence-electron chi connectivity index (χ2n) is 11.3. The first-order valence-electron chi connectivity index (χ1n) is 13.0. The van der Waals surface area contributed by atoms with Crippen LogP contribution in [0.25, 0.3) is 16.6 Å². The van der Waals surface area contributed by atoms with Crippen molar-refractivity contribution in [3.8, 4) is 11.4 Å². The van der Waals surface area contributed by atoms with Crippen molar-refractivity contribution in [1.29, 1.82) is 0 Å². The van der Waals surface area contributed by atoms with Crippen LogP contribution in [0.4, 0.5) is 10.6 Å². The average Bonchev–Trinajstić information content (AvgIpc) is 2.81. The predicted molar refractivity (Wildman–Crippen MR) is 151 cm³/mol. The molecule has 0 aliphatic carbocycles. The summed E-state index contributed by atoms with van der Waals surface area (Å²) >= 11 is 3.63.